The number of aromatic nitrogens is 1. The van der Waals surface area contributed by atoms with Crippen molar-refractivity contribution in [2.24, 2.45) is 5.41 Å². The Labute approximate surface area is 161 Å². The number of amides is 1. The highest BCUT2D eigenvalue weighted by atomic mass is 16.5. The van der Waals surface area contributed by atoms with Gasteiger partial charge in [0.2, 0.25) is 11.8 Å². The van der Waals surface area contributed by atoms with Gasteiger partial charge in [-0.2, -0.15) is 5.26 Å². The number of piperidine rings is 2. The molecule has 0 unspecified atom stereocenters. The molecule has 0 aromatic carbocycles. The monoisotopic (exact) mass is 371 g/mol. The van der Waals surface area contributed by atoms with Crippen molar-refractivity contribution >= 4 is 11.6 Å². The predicted octanol–water partition coefficient (Wildman–Crippen LogP) is 1.73. The molecule has 27 heavy (non-hydrogen) atoms. The van der Waals surface area contributed by atoms with E-state index in [9.17, 15) is 10.1 Å². The molecule has 1 aromatic heterocycles. The van der Waals surface area contributed by atoms with E-state index in [-0.39, 0.29) is 11.3 Å². The fraction of sp³-hybridized carbons (Fsp3) is 0.650. The lowest BCUT2D eigenvalue weighted by molar-refractivity contribution is -0.138. The zero-order valence-electron chi connectivity index (χ0n) is 16.6. The van der Waals surface area contributed by atoms with E-state index in [0.29, 0.717) is 17.9 Å². The molecule has 0 N–H and O–H groups in total. The van der Waals surface area contributed by atoms with Crippen LogP contribution in [-0.4, -0.2) is 74.6 Å². The number of hydrogen-bond donors (Lipinski definition) is 0. The number of carbonyl (C=O) groups excluding carboxylic acids is 1. The second-order valence-electron chi connectivity index (χ2n) is 7.97. The van der Waals surface area contributed by atoms with E-state index in [1.165, 1.54) is 0 Å². The molecular weight excluding hydrogens is 342 g/mol. The van der Waals surface area contributed by atoms with Crippen molar-refractivity contribution in [3.63, 3.8) is 0 Å². The minimum absolute atomic E-state index is 0.0989. The van der Waals surface area contributed by atoms with Crippen LogP contribution in [0.2, 0.25) is 0 Å². The summed E-state index contributed by atoms with van der Waals surface area (Å²) in [7, 11) is 5.61. The molecule has 2 aliphatic rings. The summed E-state index contributed by atoms with van der Waals surface area (Å²) in [5.74, 6) is 0.643. The summed E-state index contributed by atoms with van der Waals surface area (Å²) in [6.07, 6.45) is 5.42. The molecule has 0 bridgehead atoms. The number of hydrogen-bond acceptors (Lipinski definition) is 6. The van der Waals surface area contributed by atoms with Crippen molar-refractivity contribution in [1.82, 2.24) is 14.8 Å². The number of methoxy groups -OCH3 is 1. The fourth-order valence-corrected chi connectivity index (χ4v) is 4.33. The summed E-state index contributed by atoms with van der Waals surface area (Å²) in [6.45, 7) is 4.24. The van der Waals surface area contributed by atoms with Crippen LogP contribution < -0.4 is 9.64 Å². The number of rotatable bonds is 5. The van der Waals surface area contributed by atoms with Crippen LogP contribution in [-0.2, 0) is 4.79 Å². The summed E-state index contributed by atoms with van der Waals surface area (Å²) in [5, 5.41) is 9.61. The smallest absolute Gasteiger partial charge is 0.233 e. The average molecular weight is 371 g/mol. The Balaban J connectivity index is 1.80. The molecule has 0 aliphatic carbocycles. The minimum atomic E-state index is 0.0989. The second kappa shape index (κ2) is 8.13. The second-order valence-corrected chi connectivity index (χ2v) is 7.97. The molecule has 2 saturated heterocycles. The van der Waals surface area contributed by atoms with Gasteiger partial charge >= 0.3 is 0 Å². The molecule has 0 radical (unpaired) electrons. The van der Waals surface area contributed by atoms with Crippen LogP contribution in [0.4, 0.5) is 5.69 Å². The van der Waals surface area contributed by atoms with Crippen molar-refractivity contribution in [3.05, 3.63) is 17.8 Å². The van der Waals surface area contributed by atoms with Gasteiger partial charge in [-0.1, -0.05) is 0 Å². The lowest BCUT2D eigenvalue weighted by atomic mass is 9.73. The fourth-order valence-electron chi connectivity index (χ4n) is 4.33. The highest BCUT2D eigenvalue weighted by molar-refractivity contribution is 5.77. The molecule has 1 spiro atoms. The normalized spacial score (nSPS) is 23.0. The molecule has 1 aromatic rings. The summed E-state index contributed by atoms with van der Waals surface area (Å²) in [4.78, 5) is 23.0. The summed E-state index contributed by atoms with van der Waals surface area (Å²) in [5.41, 5.74) is 1.48. The summed E-state index contributed by atoms with van der Waals surface area (Å²) in [6, 6.07) is 4.15. The molecule has 1 amide bonds. The molecule has 146 valence electrons. The SMILES string of the molecule is COc1nccc(N2CCC[C@@]3(CCC(=O)N(CCN(C)C)C3)C2)c1C#N. The van der Waals surface area contributed by atoms with Crippen LogP contribution in [0.3, 0.4) is 0 Å². The first kappa shape index (κ1) is 19.4. The number of likely N-dealkylation sites (tertiary alicyclic amines) is 1. The molecule has 0 saturated carbocycles. The van der Waals surface area contributed by atoms with Gasteiger partial charge < -0.3 is 19.4 Å². The van der Waals surface area contributed by atoms with Crippen LogP contribution in [0, 0.1) is 16.7 Å². The third kappa shape index (κ3) is 4.16. The largest absolute Gasteiger partial charge is 0.480 e. The quantitative estimate of drug-likeness (QED) is 0.785. The van der Waals surface area contributed by atoms with Gasteiger partial charge in [-0.05, 0) is 39.4 Å². The third-order valence-electron chi connectivity index (χ3n) is 5.77. The van der Waals surface area contributed by atoms with Crippen molar-refractivity contribution in [2.75, 3.05) is 58.8 Å². The molecule has 7 heteroatoms. The number of nitriles is 1. The molecule has 2 fully saturated rings. The van der Waals surface area contributed by atoms with Crippen LogP contribution in [0.15, 0.2) is 12.3 Å². The Morgan fingerprint density at radius 1 is 1.37 bits per heavy atom. The molecule has 3 heterocycles. The van der Waals surface area contributed by atoms with Crippen molar-refractivity contribution in [1.29, 1.82) is 5.26 Å². The highest BCUT2D eigenvalue weighted by Crippen LogP contribution is 2.41. The van der Waals surface area contributed by atoms with E-state index in [0.717, 1.165) is 57.7 Å². The van der Waals surface area contributed by atoms with Gasteiger partial charge in [0.1, 0.15) is 11.6 Å². The van der Waals surface area contributed by atoms with Gasteiger partial charge in [-0.3, -0.25) is 4.79 Å². The molecule has 3 rings (SSSR count). The number of carbonyl (C=O) groups is 1. The van der Waals surface area contributed by atoms with Crippen LogP contribution in [0.1, 0.15) is 31.2 Å². The van der Waals surface area contributed by atoms with Gasteiger partial charge in [0.05, 0.1) is 12.8 Å². The number of pyridine rings is 1. The van der Waals surface area contributed by atoms with Crippen molar-refractivity contribution in [3.8, 4) is 11.9 Å². The highest BCUT2D eigenvalue weighted by Gasteiger charge is 2.42. The Hall–Kier alpha value is -2.33. The maximum Gasteiger partial charge on any atom is 0.233 e. The lowest BCUT2D eigenvalue weighted by Gasteiger charge is -2.49. The Kier molecular flexibility index (Phi) is 5.85. The predicted molar refractivity (Wildman–Crippen MR) is 104 cm³/mol. The van der Waals surface area contributed by atoms with Crippen molar-refractivity contribution < 1.29 is 9.53 Å². The zero-order chi connectivity index (χ0) is 19.4. The van der Waals surface area contributed by atoms with E-state index in [1.807, 2.05) is 25.1 Å². The van der Waals surface area contributed by atoms with Crippen LogP contribution in [0.25, 0.3) is 0 Å². The van der Waals surface area contributed by atoms with Gasteiger partial charge in [0.15, 0.2) is 0 Å². The Morgan fingerprint density at radius 3 is 2.89 bits per heavy atom. The van der Waals surface area contributed by atoms with Crippen LogP contribution in [0.5, 0.6) is 5.88 Å². The van der Waals surface area contributed by atoms with E-state index in [4.69, 9.17) is 4.74 Å². The molecule has 7 nitrogen and oxygen atoms in total. The van der Waals surface area contributed by atoms with Gasteiger partial charge in [0, 0.05) is 50.8 Å². The summed E-state index contributed by atoms with van der Waals surface area (Å²) >= 11 is 0. The Bertz CT molecular complexity index is 730. The topological polar surface area (TPSA) is 72.7 Å². The Morgan fingerprint density at radius 2 is 2.19 bits per heavy atom. The van der Waals surface area contributed by atoms with Gasteiger partial charge in [0.25, 0.3) is 0 Å². The minimum Gasteiger partial charge on any atom is -0.480 e. The number of likely N-dealkylation sites (N-methyl/N-ethyl adjacent to an activating group) is 1. The first-order valence-electron chi connectivity index (χ1n) is 9.58. The van der Waals surface area contributed by atoms with Crippen molar-refractivity contribution in [2.45, 2.75) is 25.7 Å². The third-order valence-corrected chi connectivity index (χ3v) is 5.77. The zero-order valence-corrected chi connectivity index (χ0v) is 16.6. The molecule has 1 atom stereocenters. The van der Waals surface area contributed by atoms with E-state index in [2.05, 4.69) is 20.9 Å². The number of ether oxygens (including phenoxy) is 1. The molecular formula is C20H29N5O2. The lowest BCUT2D eigenvalue weighted by Crippen LogP contribution is -2.55. The first-order chi connectivity index (χ1) is 13.0. The number of nitrogens with zero attached hydrogens (tertiary/aromatic N) is 5. The molecule has 2 aliphatic heterocycles. The van der Waals surface area contributed by atoms with Crippen LogP contribution >= 0.6 is 0 Å². The maximum atomic E-state index is 12.4. The number of anilines is 1. The standard InChI is InChI=1S/C20H29N5O2/c1-23(2)11-12-25-15-20(8-5-18(25)26)7-4-10-24(14-20)17-6-9-22-19(27-3)16(17)13-21/h6,9H,4-5,7-8,10-12,14-15H2,1-3H3/t20-/m1/s1. The van der Waals surface area contributed by atoms with E-state index >= 15 is 0 Å². The maximum absolute atomic E-state index is 12.4. The van der Waals surface area contributed by atoms with Gasteiger partial charge in [-0.25, -0.2) is 4.98 Å². The average Bonchev–Trinajstić information content (AvgIpc) is 2.68. The first-order valence-corrected chi connectivity index (χ1v) is 9.58. The van der Waals surface area contributed by atoms with E-state index < -0.39 is 0 Å². The summed E-state index contributed by atoms with van der Waals surface area (Å²) < 4.78 is 5.27. The van der Waals surface area contributed by atoms with Gasteiger partial charge in [-0.15, -0.1) is 0 Å². The van der Waals surface area contributed by atoms with E-state index in [1.54, 1.807) is 13.3 Å².